The fraction of sp³-hybridized carbons (Fsp3) is 0.923. The van der Waals surface area contributed by atoms with Gasteiger partial charge in [-0.3, -0.25) is 4.79 Å². The SMILES string of the molecule is CCC(C)NC(=O)CC1(CN)CCCCC1. The summed E-state index contributed by atoms with van der Waals surface area (Å²) in [5.74, 6) is 0.182. The van der Waals surface area contributed by atoms with Gasteiger partial charge in [-0.1, -0.05) is 26.2 Å². The maximum absolute atomic E-state index is 11.9. The molecular formula is C13H26N2O. The van der Waals surface area contributed by atoms with E-state index in [2.05, 4.69) is 12.2 Å². The summed E-state index contributed by atoms with van der Waals surface area (Å²) in [5.41, 5.74) is 5.96. The molecule has 0 heterocycles. The maximum Gasteiger partial charge on any atom is 0.220 e. The van der Waals surface area contributed by atoms with Crippen molar-refractivity contribution in [2.45, 2.75) is 64.8 Å². The zero-order valence-electron chi connectivity index (χ0n) is 10.7. The molecule has 3 N–H and O–H groups in total. The first-order chi connectivity index (χ1) is 7.62. The van der Waals surface area contributed by atoms with E-state index >= 15 is 0 Å². The second-order valence-electron chi connectivity index (χ2n) is 5.32. The molecule has 0 saturated heterocycles. The summed E-state index contributed by atoms with van der Waals surface area (Å²) in [6, 6.07) is 0.283. The summed E-state index contributed by atoms with van der Waals surface area (Å²) in [6.45, 7) is 4.79. The van der Waals surface area contributed by atoms with Crippen LogP contribution in [0, 0.1) is 5.41 Å². The molecule has 3 heteroatoms. The van der Waals surface area contributed by atoms with Crippen molar-refractivity contribution in [2.75, 3.05) is 6.54 Å². The first-order valence-corrected chi connectivity index (χ1v) is 6.61. The molecule has 1 atom stereocenters. The lowest BCUT2D eigenvalue weighted by molar-refractivity contribution is -0.124. The van der Waals surface area contributed by atoms with Crippen molar-refractivity contribution in [3.8, 4) is 0 Å². The monoisotopic (exact) mass is 226 g/mol. The van der Waals surface area contributed by atoms with Gasteiger partial charge in [0.05, 0.1) is 0 Å². The lowest BCUT2D eigenvalue weighted by atomic mass is 9.71. The molecule has 0 aromatic heterocycles. The molecule has 0 aromatic rings. The van der Waals surface area contributed by atoms with E-state index in [1.165, 1.54) is 19.3 Å². The minimum Gasteiger partial charge on any atom is -0.354 e. The van der Waals surface area contributed by atoms with E-state index in [-0.39, 0.29) is 17.4 Å². The Morgan fingerprint density at radius 3 is 2.50 bits per heavy atom. The van der Waals surface area contributed by atoms with E-state index in [1.807, 2.05) is 6.92 Å². The van der Waals surface area contributed by atoms with Crippen LogP contribution in [0.1, 0.15) is 58.8 Å². The summed E-state index contributed by atoms with van der Waals surface area (Å²) in [6.07, 6.45) is 7.61. The molecule has 16 heavy (non-hydrogen) atoms. The van der Waals surface area contributed by atoms with E-state index in [1.54, 1.807) is 0 Å². The molecular weight excluding hydrogens is 200 g/mol. The zero-order chi connectivity index (χ0) is 12.0. The summed E-state index contributed by atoms with van der Waals surface area (Å²) < 4.78 is 0. The van der Waals surface area contributed by atoms with Gasteiger partial charge in [0.1, 0.15) is 0 Å². The van der Waals surface area contributed by atoms with Gasteiger partial charge < -0.3 is 11.1 Å². The van der Waals surface area contributed by atoms with E-state index in [0.29, 0.717) is 13.0 Å². The van der Waals surface area contributed by atoms with Crippen LogP contribution < -0.4 is 11.1 Å². The number of rotatable bonds is 5. The molecule has 1 saturated carbocycles. The van der Waals surface area contributed by atoms with Crippen LogP contribution in [0.25, 0.3) is 0 Å². The van der Waals surface area contributed by atoms with Gasteiger partial charge in [-0.2, -0.15) is 0 Å². The molecule has 1 aliphatic rings. The van der Waals surface area contributed by atoms with E-state index < -0.39 is 0 Å². The number of hydrogen-bond acceptors (Lipinski definition) is 2. The average Bonchev–Trinajstić information content (AvgIpc) is 2.29. The quantitative estimate of drug-likeness (QED) is 0.755. The van der Waals surface area contributed by atoms with Crippen LogP contribution in [-0.2, 0) is 4.79 Å². The fourth-order valence-electron chi connectivity index (χ4n) is 2.52. The van der Waals surface area contributed by atoms with Crippen LogP contribution in [-0.4, -0.2) is 18.5 Å². The number of nitrogens with one attached hydrogen (secondary N) is 1. The summed E-state index contributed by atoms with van der Waals surface area (Å²) >= 11 is 0. The third-order valence-corrected chi connectivity index (χ3v) is 3.90. The first-order valence-electron chi connectivity index (χ1n) is 6.61. The van der Waals surface area contributed by atoms with Gasteiger partial charge in [-0.25, -0.2) is 0 Å². The highest BCUT2D eigenvalue weighted by molar-refractivity contribution is 5.77. The molecule has 0 aromatic carbocycles. The van der Waals surface area contributed by atoms with Crippen molar-refractivity contribution in [3.05, 3.63) is 0 Å². The molecule has 1 unspecified atom stereocenters. The predicted octanol–water partition coefficient (Wildman–Crippen LogP) is 2.20. The van der Waals surface area contributed by atoms with Gasteiger partial charge in [0.2, 0.25) is 5.91 Å². The Morgan fingerprint density at radius 2 is 2.00 bits per heavy atom. The standard InChI is InChI=1S/C13H26N2O/c1-3-11(2)15-12(16)9-13(10-14)7-5-4-6-8-13/h11H,3-10,14H2,1-2H3,(H,15,16). The van der Waals surface area contributed by atoms with Crippen molar-refractivity contribution < 1.29 is 4.79 Å². The van der Waals surface area contributed by atoms with Gasteiger partial charge >= 0.3 is 0 Å². The van der Waals surface area contributed by atoms with Gasteiger partial charge in [0, 0.05) is 12.5 Å². The second-order valence-corrected chi connectivity index (χ2v) is 5.32. The minimum atomic E-state index is 0.0931. The van der Waals surface area contributed by atoms with Crippen LogP contribution >= 0.6 is 0 Å². The van der Waals surface area contributed by atoms with E-state index in [9.17, 15) is 4.79 Å². The Hall–Kier alpha value is -0.570. The Labute approximate surface area is 99.2 Å². The third kappa shape index (κ3) is 3.78. The molecule has 3 nitrogen and oxygen atoms in total. The molecule has 1 aliphatic carbocycles. The number of nitrogens with two attached hydrogens (primary N) is 1. The number of carbonyl (C=O) groups excluding carboxylic acids is 1. The normalized spacial score (nSPS) is 21.4. The van der Waals surface area contributed by atoms with Gasteiger partial charge in [0.25, 0.3) is 0 Å². The van der Waals surface area contributed by atoms with Crippen molar-refractivity contribution in [2.24, 2.45) is 11.1 Å². The fourth-order valence-corrected chi connectivity index (χ4v) is 2.52. The largest absolute Gasteiger partial charge is 0.354 e. The average molecular weight is 226 g/mol. The first kappa shape index (κ1) is 13.5. The second kappa shape index (κ2) is 6.24. The van der Waals surface area contributed by atoms with Crippen LogP contribution in [0.4, 0.5) is 0 Å². The molecule has 0 aliphatic heterocycles. The summed E-state index contributed by atoms with van der Waals surface area (Å²) in [7, 11) is 0. The molecule has 94 valence electrons. The van der Waals surface area contributed by atoms with Gasteiger partial charge in [-0.05, 0) is 38.1 Å². The molecule has 0 bridgehead atoms. The smallest absolute Gasteiger partial charge is 0.220 e. The molecule has 1 amide bonds. The maximum atomic E-state index is 11.9. The topological polar surface area (TPSA) is 55.1 Å². The van der Waals surface area contributed by atoms with Gasteiger partial charge in [0.15, 0.2) is 0 Å². The summed E-state index contributed by atoms with van der Waals surface area (Å²) in [4.78, 5) is 11.9. The molecule has 0 spiro atoms. The highest BCUT2D eigenvalue weighted by atomic mass is 16.1. The van der Waals surface area contributed by atoms with Crippen LogP contribution in [0.15, 0.2) is 0 Å². The third-order valence-electron chi connectivity index (χ3n) is 3.90. The van der Waals surface area contributed by atoms with Crippen molar-refractivity contribution in [1.82, 2.24) is 5.32 Å². The minimum absolute atomic E-state index is 0.0931. The molecule has 0 radical (unpaired) electrons. The lowest BCUT2D eigenvalue weighted by Crippen LogP contribution is -2.40. The molecule has 1 fully saturated rings. The number of carbonyl (C=O) groups is 1. The Balaban J connectivity index is 2.45. The highest BCUT2D eigenvalue weighted by Crippen LogP contribution is 2.38. The van der Waals surface area contributed by atoms with Crippen molar-refractivity contribution in [1.29, 1.82) is 0 Å². The lowest BCUT2D eigenvalue weighted by Gasteiger charge is -2.35. The number of amides is 1. The summed E-state index contributed by atoms with van der Waals surface area (Å²) in [5, 5.41) is 3.04. The Morgan fingerprint density at radius 1 is 1.38 bits per heavy atom. The Bertz CT molecular complexity index is 222. The predicted molar refractivity (Wildman–Crippen MR) is 67.1 cm³/mol. The Kier molecular flexibility index (Phi) is 5.26. The number of hydrogen-bond donors (Lipinski definition) is 2. The zero-order valence-corrected chi connectivity index (χ0v) is 10.7. The van der Waals surface area contributed by atoms with Crippen LogP contribution in [0.3, 0.4) is 0 Å². The van der Waals surface area contributed by atoms with Crippen molar-refractivity contribution in [3.63, 3.8) is 0 Å². The van der Waals surface area contributed by atoms with Crippen molar-refractivity contribution >= 4 is 5.91 Å². The molecule has 1 rings (SSSR count). The van der Waals surface area contributed by atoms with E-state index in [4.69, 9.17) is 5.73 Å². The van der Waals surface area contributed by atoms with Crippen LogP contribution in [0.5, 0.6) is 0 Å². The van der Waals surface area contributed by atoms with E-state index in [0.717, 1.165) is 19.3 Å². The van der Waals surface area contributed by atoms with Gasteiger partial charge in [-0.15, -0.1) is 0 Å². The van der Waals surface area contributed by atoms with Crippen LogP contribution in [0.2, 0.25) is 0 Å². The highest BCUT2D eigenvalue weighted by Gasteiger charge is 2.32.